The van der Waals surface area contributed by atoms with Crippen LogP contribution in [0.4, 0.5) is 4.79 Å². The summed E-state index contributed by atoms with van der Waals surface area (Å²) in [6.45, 7) is 1.19. The van der Waals surface area contributed by atoms with Crippen LogP contribution in [-0.4, -0.2) is 66.9 Å². The summed E-state index contributed by atoms with van der Waals surface area (Å²) in [7, 11) is 0. The zero-order chi connectivity index (χ0) is 22.9. The molecule has 0 radical (unpaired) electrons. The molecule has 0 aromatic heterocycles. The molecule has 2 aliphatic carbocycles. The van der Waals surface area contributed by atoms with Crippen molar-refractivity contribution in [2.75, 3.05) is 32.9 Å². The van der Waals surface area contributed by atoms with Crippen molar-refractivity contribution in [2.24, 2.45) is 11.8 Å². The minimum Gasteiger partial charge on any atom is -0.480 e. The standard InChI is InChI=1S/C25H26N2O6/c28-23(27-9-10-32-14-22(27)24(29)30)20-11-15(20)12-26-25(31)33-13-21-18-7-3-1-5-16(18)17-6-2-4-8-19(17)21/h1-8,15,20-22H,9-14H2,(H,26,31)(H,29,30)/t15-,20-,22?/m1/s1. The number of aliphatic carboxylic acids is 1. The van der Waals surface area contributed by atoms with Crippen LogP contribution in [0, 0.1) is 11.8 Å². The summed E-state index contributed by atoms with van der Waals surface area (Å²) in [6.07, 6.45) is 0.122. The van der Waals surface area contributed by atoms with E-state index in [2.05, 4.69) is 29.6 Å². The van der Waals surface area contributed by atoms with E-state index >= 15 is 0 Å². The molecule has 2 aromatic carbocycles. The van der Waals surface area contributed by atoms with E-state index in [1.165, 1.54) is 16.0 Å². The van der Waals surface area contributed by atoms with Gasteiger partial charge in [-0.1, -0.05) is 48.5 Å². The summed E-state index contributed by atoms with van der Waals surface area (Å²) in [5, 5.41) is 12.1. The highest BCUT2D eigenvalue weighted by Gasteiger charge is 2.47. The molecule has 1 aliphatic heterocycles. The maximum atomic E-state index is 12.7. The highest BCUT2D eigenvalue weighted by molar-refractivity contribution is 5.87. The summed E-state index contributed by atoms with van der Waals surface area (Å²) >= 11 is 0. The van der Waals surface area contributed by atoms with Gasteiger partial charge in [0.1, 0.15) is 6.61 Å². The summed E-state index contributed by atoms with van der Waals surface area (Å²) < 4.78 is 10.7. The summed E-state index contributed by atoms with van der Waals surface area (Å²) in [5.74, 6) is -1.51. The summed E-state index contributed by atoms with van der Waals surface area (Å²) in [5.41, 5.74) is 4.64. The molecule has 2 N–H and O–H groups in total. The van der Waals surface area contributed by atoms with E-state index in [0.717, 1.165) is 11.1 Å². The average Bonchev–Trinajstić information content (AvgIpc) is 3.55. The Hall–Kier alpha value is -3.39. The number of benzene rings is 2. The van der Waals surface area contributed by atoms with Crippen LogP contribution in [-0.2, 0) is 19.1 Å². The van der Waals surface area contributed by atoms with Crippen LogP contribution in [0.15, 0.2) is 48.5 Å². The lowest BCUT2D eigenvalue weighted by Crippen LogP contribution is -2.53. The first-order valence-electron chi connectivity index (χ1n) is 11.2. The van der Waals surface area contributed by atoms with Gasteiger partial charge in [-0.05, 0) is 34.6 Å². The number of hydrogen-bond acceptors (Lipinski definition) is 5. The van der Waals surface area contributed by atoms with E-state index in [1.54, 1.807) is 0 Å². The molecule has 8 heteroatoms. The molecule has 172 valence electrons. The number of morpholine rings is 1. The van der Waals surface area contributed by atoms with E-state index < -0.39 is 18.1 Å². The highest BCUT2D eigenvalue weighted by Crippen LogP contribution is 2.44. The van der Waals surface area contributed by atoms with E-state index in [0.29, 0.717) is 19.6 Å². The van der Waals surface area contributed by atoms with Crippen molar-refractivity contribution < 1.29 is 29.0 Å². The van der Waals surface area contributed by atoms with Crippen LogP contribution in [0.25, 0.3) is 11.1 Å². The second kappa shape index (κ2) is 8.86. The molecule has 5 rings (SSSR count). The molecule has 1 saturated carbocycles. The van der Waals surface area contributed by atoms with Gasteiger partial charge in [-0.25, -0.2) is 9.59 Å². The number of carboxylic acids is 1. The third kappa shape index (κ3) is 4.18. The second-order valence-corrected chi connectivity index (χ2v) is 8.77. The number of ether oxygens (including phenoxy) is 2. The molecule has 2 fully saturated rings. The third-order valence-corrected chi connectivity index (χ3v) is 6.79. The lowest BCUT2D eigenvalue weighted by atomic mass is 9.98. The van der Waals surface area contributed by atoms with Gasteiger partial charge < -0.3 is 24.8 Å². The van der Waals surface area contributed by atoms with Crippen LogP contribution >= 0.6 is 0 Å². The predicted molar refractivity (Wildman–Crippen MR) is 119 cm³/mol. The molecule has 3 atom stereocenters. The zero-order valence-electron chi connectivity index (χ0n) is 18.1. The van der Waals surface area contributed by atoms with Crippen molar-refractivity contribution in [1.82, 2.24) is 10.2 Å². The molecule has 1 unspecified atom stereocenters. The highest BCUT2D eigenvalue weighted by atomic mass is 16.5. The molecule has 2 amide bonds. The lowest BCUT2D eigenvalue weighted by molar-refractivity contribution is -0.159. The average molecular weight is 450 g/mol. The number of alkyl carbamates (subject to hydrolysis) is 1. The largest absolute Gasteiger partial charge is 0.480 e. The van der Waals surface area contributed by atoms with Crippen LogP contribution < -0.4 is 5.32 Å². The zero-order valence-corrected chi connectivity index (χ0v) is 18.1. The summed E-state index contributed by atoms with van der Waals surface area (Å²) in [6, 6.07) is 15.4. The number of nitrogens with one attached hydrogen (secondary N) is 1. The molecule has 8 nitrogen and oxygen atoms in total. The van der Waals surface area contributed by atoms with E-state index in [-0.39, 0.29) is 43.4 Å². The maximum Gasteiger partial charge on any atom is 0.407 e. The first-order valence-corrected chi connectivity index (χ1v) is 11.2. The molecule has 1 heterocycles. The summed E-state index contributed by atoms with van der Waals surface area (Å²) in [4.78, 5) is 37.9. The van der Waals surface area contributed by atoms with Crippen LogP contribution in [0.2, 0.25) is 0 Å². The Morgan fingerprint density at radius 1 is 1.06 bits per heavy atom. The van der Waals surface area contributed by atoms with Crippen molar-refractivity contribution >= 4 is 18.0 Å². The third-order valence-electron chi connectivity index (χ3n) is 6.79. The SMILES string of the molecule is O=C(NC[C@H]1C[C@H]1C(=O)N1CCOCC1C(=O)O)OCC1c2ccccc2-c2ccccc21. The predicted octanol–water partition coefficient (Wildman–Crippen LogP) is 2.47. The van der Waals surface area contributed by atoms with Crippen molar-refractivity contribution in [3.63, 3.8) is 0 Å². The molecule has 33 heavy (non-hydrogen) atoms. The lowest BCUT2D eigenvalue weighted by Gasteiger charge is -2.33. The Labute approximate surface area is 191 Å². The Morgan fingerprint density at radius 2 is 1.73 bits per heavy atom. The maximum absolute atomic E-state index is 12.7. The number of fused-ring (bicyclic) bond motifs is 3. The number of amides is 2. The number of nitrogens with zero attached hydrogens (tertiary/aromatic N) is 1. The van der Waals surface area contributed by atoms with Crippen molar-refractivity contribution in [3.05, 3.63) is 59.7 Å². The van der Waals surface area contributed by atoms with Gasteiger partial charge in [0, 0.05) is 24.9 Å². The molecule has 0 spiro atoms. The topological polar surface area (TPSA) is 105 Å². The van der Waals surface area contributed by atoms with Crippen LogP contribution in [0.3, 0.4) is 0 Å². The number of carboxylic acid groups (broad SMARTS) is 1. The van der Waals surface area contributed by atoms with Crippen LogP contribution in [0.1, 0.15) is 23.5 Å². The Morgan fingerprint density at radius 3 is 2.39 bits per heavy atom. The molecule has 1 saturated heterocycles. The van der Waals surface area contributed by atoms with E-state index in [4.69, 9.17) is 9.47 Å². The normalized spacial score (nSPS) is 23.4. The molecular weight excluding hydrogens is 424 g/mol. The number of carbonyl (C=O) groups excluding carboxylic acids is 2. The second-order valence-electron chi connectivity index (χ2n) is 8.77. The molecule has 3 aliphatic rings. The fourth-order valence-corrected chi connectivity index (χ4v) is 4.92. The molecule has 0 bridgehead atoms. The van der Waals surface area contributed by atoms with E-state index in [1.807, 2.05) is 24.3 Å². The number of hydrogen-bond donors (Lipinski definition) is 2. The Balaban J connectivity index is 1.12. The minimum absolute atomic E-state index is 0.00438. The van der Waals surface area contributed by atoms with Gasteiger partial charge in [0.2, 0.25) is 5.91 Å². The van der Waals surface area contributed by atoms with Crippen molar-refractivity contribution in [3.8, 4) is 11.1 Å². The van der Waals surface area contributed by atoms with Gasteiger partial charge in [0.25, 0.3) is 0 Å². The fraction of sp³-hybridized carbons (Fsp3) is 0.400. The fourth-order valence-electron chi connectivity index (χ4n) is 4.92. The van der Waals surface area contributed by atoms with Gasteiger partial charge in [-0.15, -0.1) is 0 Å². The smallest absolute Gasteiger partial charge is 0.407 e. The molecular formula is C25H26N2O6. The Kier molecular flexibility index (Phi) is 5.76. The van der Waals surface area contributed by atoms with Crippen molar-refractivity contribution in [1.29, 1.82) is 0 Å². The number of carbonyl (C=O) groups is 3. The monoisotopic (exact) mass is 450 g/mol. The quantitative estimate of drug-likeness (QED) is 0.701. The minimum atomic E-state index is -1.06. The molecule has 2 aromatic rings. The van der Waals surface area contributed by atoms with Crippen LogP contribution in [0.5, 0.6) is 0 Å². The van der Waals surface area contributed by atoms with Crippen molar-refractivity contribution in [2.45, 2.75) is 18.4 Å². The van der Waals surface area contributed by atoms with E-state index in [9.17, 15) is 19.5 Å². The van der Waals surface area contributed by atoms with Gasteiger partial charge in [-0.2, -0.15) is 0 Å². The first kappa shape index (κ1) is 21.5. The number of rotatable bonds is 6. The van der Waals surface area contributed by atoms with Gasteiger partial charge in [0.05, 0.1) is 13.2 Å². The van der Waals surface area contributed by atoms with Gasteiger partial charge in [-0.3, -0.25) is 4.79 Å². The van der Waals surface area contributed by atoms with Gasteiger partial charge in [0.15, 0.2) is 6.04 Å². The first-order chi connectivity index (χ1) is 16.0. The Bertz CT molecular complexity index is 1040. The van der Waals surface area contributed by atoms with Gasteiger partial charge >= 0.3 is 12.1 Å².